The lowest BCUT2D eigenvalue weighted by Crippen LogP contribution is -2.08. The van der Waals surface area contributed by atoms with E-state index < -0.39 is 0 Å². The van der Waals surface area contributed by atoms with Gasteiger partial charge in [-0.25, -0.2) is 9.59 Å². The van der Waals surface area contributed by atoms with Gasteiger partial charge in [-0.1, -0.05) is 88.4 Å². The summed E-state index contributed by atoms with van der Waals surface area (Å²) in [6.07, 6.45) is 3.58. The minimum atomic E-state index is -0.349. The number of carbonyl (C=O) groups is 2. The molecule has 39 heavy (non-hydrogen) atoms. The Kier molecular flexibility index (Phi) is 9.42. The highest BCUT2D eigenvalue weighted by Crippen LogP contribution is 2.28. The number of ether oxygens (including phenoxy) is 2. The predicted molar refractivity (Wildman–Crippen MR) is 153 cm³/mol. The van der Waals surface area contributed by atoms with E-state index in [-0.39, 0.29) is 25.2 Å². The Hall–Kier alpha value is -4.06. The van der Waals surface area contributed by atoms with Gasteiger partial charge in [0.25, 0.3) is 0 Å². The van der Waals surface area contributed by atoms with Gasteiger partial charge in [0.05, 0.1) is 0 Å². The summed E-state index contributed by atoms with van der Waals surface area (Å²) in [5.74, 6) is -0.698. The van der Waals surface area contributed by atoms with Crippen LogP contribution < -0.4 is 0 Å². The molecule has 0 aliphatic heterocycles. The molecule has 0 fully saturated rings. The van der Waals surface area contributed by atoms with E-state index in [1.165, 1.54) is 0 Å². The largest absolute Gasteiger partial charge is 0.456 e. The molecule has 2 heterocycles. The summed E-state index contributed by atoms with van der Waals surface area (Å²) >= 11 is 0. The molecule has 4 rings (SSSR count). The van der Waals surface area contributed by atoms with Crippen molar-refractivity contribution in [3.63, 3.8) is 0 Å². The molecule has 0 unspecified atom stereocenters. The Morgan fingerprint density at radius 1 is 0.564 bits per heavy atom. The van der Waals surface area contributed by atoms with E-state index in [9.17, 15) is 9.59 Å². The highest BCUT2D eigenvalue weighted by atomic mass is 16.5. The molecule has 0 amide bonds. The van der Waals surface area contributed by atoms with E-state index in [2.05, 4.69) is 37.7 Å². The molecule has 2 aromatic carbocycles. The Morgan fingerprint density at radius 3 is 1.26 bits per heavy atom. The third-order valence-electron chi connectivity index (χ3n) is 7.21. The standard InChI is InChI=1S/C33H38N2O4/c1-5-24-26(7-3)30(32(36)38-20-22-15-11-9-12-16-22)34-28(24)19-29-25(6-2)27(8-4)31(35-29)33(37)39-21-23-17-13-10-14-18-23/h9-18,34-35H,5-8,19-21H2,1-4H3. The van der Waals surface area contributed by atoms with Gasteiger partial charge in [0.2, 0.25) is 0 Å². The Labute approximate surface area is 230 Å². The van der Waals surface area contributed by atoms with E-state index >= 15 is 0 Å². The van der Waals surface area contributed by atoms with Crippen LogP contribution in [0.3, 0.4) is 0 Å². The third-order valence-corrected chi connectivity index (χ3v) is 7.21. The summed E-state index contributed by atoms with van der Waals surface area (Å²) in [7, 11) is 0. The van der Waals surface area contributed by atoms with Gasteiger partial charge in [0, 0.05) is 17.8 Å². The number of H-pyrrole nitrogens is 2. The van der Waals surface area contributed by atoms with Crippen molar-refractivity contribution in [1.29, 1.82) is 0 Å². The smallest absolute Gasteiger partial charge is 0.355 e. The van der Waals surface area contributed by atoms with Gasteiger partial charge in [0.1, 0.15) is 24.6 Å². The molecule has 0 aliphatic rings. The first-order chi connectivity index (χ1) is 19.0. The first-order valence-corrected chi connectivity index (χ1v) is 13.9. The van der Waals surface area contributed by atoms with Gasteiger partial charge < -0.3 is 19.4 Å². The van der Waals surface area contributed by atoms with E-state index in [4.69, 9.17) is 9.47 Å². The third kappa shape index (κ3) is 6.33. The predicted octanol–water partition coefficient (Wildman–Crippen LogP) is 6.90. The summed E-state index contributed by atoms with van der Waals surface area (Å²) in [6, 6.07) is 19.4. The molecule has 0 bridgehead atoms. The van der Waals surface area contributed by atoms with Crippen molar-refractivity contribution in [1.82, 2.24) is 9.97 Å². The van der Waals surface area contributed by atoms with Crippen molar-refractivity contribution in [2.45, 2.75) is 73.0 Å². The van der Waals surface area contributed by atoms with Crippen LogP contribution in [0.4, 0.5) is 0 Å². The lowest BCUT2D eigenvalue weighted by atomic mass is 9.98. The normalized spacial score (nSPS) is 11.0. The number of aromatic amines is 2. The molecular formula is C33H38N2O4. The summed E-state index contributed by atoms with van der Waals surface area (Å²) in [4.78, 5) is 33.0. The summed E-state index contributed by atoms with van der Waals surface area (Å²) in [5.41, 5.74) is 9.13. The first kappa shape index (κ1) is 28.0. The Balaban J connectivity index is 1.59. The Morgan fingerprint density at radius 2 is 0.923 bits per heavy atom. The van der Waals surface area contributed by atoms with E-state index in [0.717, 1.165) is 70.5 Å². The molecular weight excluding hydrogens is 488 g/mol. The van der Waals surface area contributed by atoms with Gasteiger partial charge in [-0.2, -0.15) is 0 Å². The Bertz CT molecular complexity index is 1290. The second-order valence-electron chi connectivity index (χ2n) is 9.59. The molecule has 0 atom stereocenters. The molecule has 4 aromatic rings. The molecule has 0 aliphatic carbocycles. The number of aromatic nitrogens is 2. The lowest BCUT2D eigenvalue weighted by molar-refractivity contribution is 0.0456. The topological polar surface area (TPSA) is 84.2 Å². The summed E-state index contributed by atoms with van der Waals surface area (Å²) in [5, 5.41) is 0. The molecule has 2 aromatic heterocycles. The van der Waals surface area contributed by atoms with Crippen molar-refractivity contribution in [3.8, 4) is 0 Å². The molecule has 6 nitrogen and oxygen atoms in total. The molecule has 0 radical (unpaired) electrons. The fourth-order valence-electron chi connectivity index (χ4n) is 5.32. The molecule has 2 N–H and O–H groups in total. The monoisotopic (exact) mass is 526 g/mol. The van der Waals surface area contributed by atoms with Gasteiger partial charge in [-0.15, -0.1) is 0 Å². The minimum absolute atomic E-state index is 0.226. The van der Waals surface area contributed by atoms with Gasteiger partial charge >= 0.3 is 11.9 Å². The summed E-state index contributed by atoms with van der Waals surface area (Å²) in [6.45, 7) is 8.77. The number of nitrogens with one attached hydrogen (secondary N) is 2. The second-order valence-corrected chi connectivity index (χ2v) is 9.59. The van der Waals surface area contributed by atoms with Crippen molar-refractivity contribution in [2.75, 3.05) is 0 Å². The van der Waals surface area contributed by atoms with Crippen LogP contribution in [0.1, 0.15) is 93.4 Å². The number of hydrogen-bond acceptors (Lipinski definition) is 4. The van der Waals surface area contributed by atoms with Gasteiger partial charge in [-0.3, -0.25) is 0 Å². The van der Waals surface area contributed by atoms with Crippen molar-refractivity contribution in [2.24, 2.45) is 0 Å². The van der Waals surface area contributed by atoms with Crippen LogP contribution >= 0.6 is 0 Å². The maximum atomic E-state index is 13.1. The van der Waals surface area contributed by atoms with E-state index in [1.54, 1.807) is 0 Å². The van der Waals surface area contributed by atoms with Gasteiger partial charge in [-0.05, 0) is 59.1 Å². The quantitative estimate of drug-likeness (QED) is 0.197. The molecule has 0 saturated carbocycles. The molecule has 6 heteroatoms. The number of carbonyl (C=O) groups excluding carboxylic acids is 2. The van der Waals surface area contributed by atoms with Crippen LogP contribution in [0.2, 0.25) is 0 Å². The van der Waals surface area contributed by atoms with Crippen molar-refractivity contribution >= 4 is 11.9 Å². The number of esters is 2. The van der Waals surface area contributed by atoms with E-state index in [0.29, 0.717) is 17.8 Å². The lowest BCUT2D eigenvalue weighted by Gasteiger charge is -2.06. The number of rotatable bonds is 12. The van der Waals surface area contributed by atoms with Crippen LogP contribution in [0.15, 0.2) is 60.7 Å². The fourth-order valence-corrected chi connectivity index (χ4v) is 5.32. The fraction of sp³-hybridized carbons (Fsp3) is 0.333. The van der Waals surface area contributed by atoms with Crippen LogP contribution in [0.5, 0.6) is 0 Å². The molecule has 0 saturated heterocycles. The zero-order valence-electron chi connectivity index (χ0n) is 23.4. The van der Waals surface area contributed by atoms with Gasteiger partial charge in [0.15, 0.2) is 0 Å². The molecule has 204 valence electrons. The second kappa shape index (κ2) is 13.1. The first-order valence-electron chi connectivity index (χ1n) is 13.9. The molecule has 0 spiro atoms. The van der Waals surface area contributed by atoms with Crippen LogP contribution in [0.25, 0.3) is 0 Å². The number of benzene rings is 2. The van der Waals surface area contributed by atoms with Crippen LogP contribution in [-0.4, -0.2) is 21.9 Å². The van der Waals surface area contributed by atoms with Crippen molar-refractivity contribution < 1.29 is 19.1 Å². The van der Waals surface area contributed by atoms with Crippen molar-refractivity contribution in [3.05, 3.63) is 117 Å². The summed E-state index contributed by atoms with van der Waals surface area (Å²) < 4.78 is 11.3. The van der Waals surface area contributed by atoms with Crippen LogP contribution in [0, 0.1) is 0 Å². The highest BCUT2D eigenvalue weighted by Gasteiger charge is 2.25. The van der Waals surface area contributed by atoms with E-state index in [1.807, 2.05) is 60.7 Å². The highest BCUT2D eigenvalue weighted by molar-refractivity contribution is 5.91. The maximum Gasteiger partial charge on any atom is 0.355 e. The average molecular weight is 527 g/mol. The zero-order chi connectivity index (χ0) is 27.8. The zero-order valence-corrected chi connectivity index (χ0v) is 23.4. The number of hydrogen-bond donors (Lipinski definition) is 2. The average Bonchev–Trinajstić information content (AvgIpc) is 3.52. The minimum Gasteiger partial charge on any atom is -0.456 e. The van der Waals surface area contributed by atoms with Crippen LogP contribution in [-0.2, 0) is 54.8 Å². The SMILES string of the molecule is CCc1c(Cc2[nH]c(C(=O)OCc3ccccc3)c(CC)c2CC)[nH]c(C(=O)OCc2ccccc2)c1CC. The maximum absolute atomic E-state index is 13.1.